The molecule has 0 saturated heterocycles. The Bertz CT molecular complexity index is 916. The van der Waals surface area contributed by atoms with Crippen molar-refractivity contribution in [2.24, 2.45) is 0 Å². The van der Waals surface area contributed by atoms with E-state index in [4.69, 9.17) is 4.74 Å². The molecule has 7 heteroatoms. The number of aryl methyl sites for hydroxylation is 1. The fourth-order valence-electron chi connectivity index (χ4n) is 3.76. The summed E-state index contributed by atoms with van der Waals surface area (Å²) in [7, 11) is 0. The summed E-state index contributed by atoms with van der Waals surface area (Å²) in [5, 5.41) is 8.06. The number of hydrogen-bond acceptors (Lipinski definition) is 5. The lowest BCUT2D eigenvalue weighted by Crippen LogP contribution is -2.38. The first-order chi connectivity index (χ1) is 14.1. The van der Waals surface area contributed by atoms with Gasteiger partial charge < -0.3 is 10.1 Å². The topological polar surface area (TPSA) is 90.3 Å². The number of carbonyl (C=O) groups is 2. The second kappa shape index (κ2) is 10.2. The van der Waals surface area contributed by atoms with Crippen LogP contribution in [0.1, 0.15) is 68.8 Å². The van der Waals surface area contributed by atoms with Crippen molar-refractivity contribution >= 4 is 22.6 Å². The summed E-state index contributed by atoms with van der Waals surface area (Å²) in [5.41, 5.74) is -0.148. The summed E-state index contributed by atoms with van der Waals surface area (Å²) in [5.74, 6) is -0.991. The van der Waals surface area contributed by atoms with Gasteiger partial charge in [0, 0.05) is 18.0 Å². The van der Waals surface area contributed by atoms with Crippen molar-refractivity contribution in [1.29, 1.82) is 0 Å². The highest BCUT2D eigenvalue weighted by atomic mass is 16.5. The van der Waals surface area contributed by atoms with Gasteiger partial charge in [0.15, 0.2) is 12.3 Å². The third kappa shape index (κ3) is 5.43. The van der Waals surface area contributed by atoms with Crippen LogP contribution >= 0.6 is 0 Å². The van der Waals surface area contributed by atoms with Crippen LogP contribution in [0.2, 0.25) is 0 Å². The molecule has 0 spiro atoms. The zero-order valence-corrected chi connectivity index (χ0v) is 17.0. The van der Waals surface area contributed by atoms with Crippen molar-refractivity contribution in [3.05, 3.63) is 40.3 Å². The van der Waals surface area contributed by atoms with Crippen LogP contribution in [0.5, 0.6) is 0 Å². The lowest BCUT2D eigenvalue weighted by molar-refractivity contribution is -0.125. The summed E-state index contributed by atoms with van der Waals surface area (Å²) in [4.78, 5) is 37.5. The Balaban J connectivity index is 1.73. The summed E-state index contributed by atoms with van der Waals surface area (Å²) in [6.07, 6.45) is 8.16. The highest BCUT2D eigenvalue weighted by Gasteiger charge is 2.20. The van der Waals surface area contributed by atoms with E-state index in [1.165, 1.54) is 11.1 Å². The second-order valence-electron chi connectivity index (χ2n) is 7.61. The third-order valence-electron chi connectivity index (χ3n) is 5.34. The molecule has 1 saturated carbocycles. The Labute approximate surface area is 170 Å². The number of benzene rings is 1. The van der Waals surface area contributed by atoms with Gasteiger partial charge >= 0.3 is 5.97 Å². The molecule has 0 radical (unpaired) electrons. The number of fused-ring (bicyclic) bond motifs is 1. The van der Waals surface area contributed by atoms with Crippen LogP contribution in [0.3, 0.4) is 0 Å². The van der Waals surface area contributed by atoms with Crippen LogP contribution in [0.25, 0.3) is 10.8 Å². The fraction of sp³-hybridized carbons (Fsp3) is 0.545. The lowest BCUT2D eigenvalue weighted by Gasteiger charge is -2.22. The molecule has 0 unspecified atom stereocenters. The quantitative estimate of drug-likeness (QED) is 0.544. The molecule has 0 bridgehead atoms. The number of nitrogens with zero attached hydrogens (tertiary/aromatic N) is 2. The molecule has 1 aliphatic rings. The number of aromatic nitrogens is 2. The number of esters is 1. The number of carbonyl (C=O) groups excluding carboxylic acids is 2. The predicted molar refractivity (Wildman–Crippen MR) is 111 cm³/mol. The average Bonchev–Trinajstić information content (AvgIpc) is 2.74. The van der Waals surface area contributed by atoms with Crippen molar-refractivity contribution in [3.8, 4) is 0 Å². The first-order valence-electron chi connectivity index (χ1n) is 10.6. The normalized spacial score (nSPS) is 14.7. The Hall–Kier alpha value is -2.70. The first-order valence-corrected chi connectivity index (χ1v) is 10.6. The van der Waals surface area contributed by atoms with Crippen molar-refractivity contribution in [2.45, 2.75) is 70.9 Å². The van der Waals surface area contributed by atoms with Gasteiger partial charge in [-0.2, -0.15) is 5.10 Å². The van der Waals surface area contributed by atoms with E-state index in [0.717, 1.165) is 44.9 Å². The Kier molecular flexibility index (Phi) is 7.38. The van der Waals surface area contributed by atoms with E-state index in [0.29, 0.717) is 17.3 Å². The first kappa shape index (κ1) is 21.0. The monoisotopic (exact) mass is 399 g/mol. The van der Waals surface area contributed by atoms with Crippen molar-refractivity contribution in [2.75, 3.05) is 6.61 Å². The maximum atomic E-state index is 12.7. The van der Waals surface area contributed by atoms with Crippen molar-refractivity contribution in [1.82, 2.24) is 15.1 Å². The molecule has 1 aromatic heterocycles. The molecule has 156 valence electrons. The standard InChI is InChI=1S/C22H29N3O4/c1-2-3-9-14-25-21(27)18-13-8-7-12-17(18)20(24-25)22(28)29-15-19(26)23-16-10-5-4-6-11-16/h7-8,12-13,16H,2-6,9-11,14-15H2,1H3,(H,23,26). The summed E-state index contributed by atoms with van der Waals surface area (Å²) < 4.78 is 6.56. The van der Waals surface area contributed by atoms with Crippen LogP contribution in [-0.2, 0) is 16.1 Å². The largest absolute Gasteiger partial charge is 0.451 e. The number of rotatable bonds is 8. The minimum absolute atomic E-state index is 0.0714. The van der Waals surface area contributed by atoms with Crippen LogP contribution in [0.15, 0.2) is 29.1 Å². The molecule has 0 atom stereocenters. The van der Waals surface area contributed by atoms with Gasteiger partial charge in [0.25, 0.3) is 11.5 Å². The van der Waals surface area contributed by atoms with E-state index in [1.807, 2.05) is 0 Å². The minimum atomic E-state index is -0.691. The van der Waals surface area contributed by atoms with E-state index >= 15 is 0 Å². The van der Waals surface area contributed by atoms with Crippen molar-refractivity contribution < 1.29 is 14.3 Å². The number of nitrogens with one attached hydrogen (secondary N) is 1. The van der Waals surface area contributed by atoms with Gasteiger partial charge in [0.1, 0.15) is 0 Å². The van der Waals surface area contributed by atoms with Gasteiger partial charge in [-0.15, -0.1) is 0 Å². The van der Waals surface area contributed by atoms with Crippen LogP contribution in [-0.4, -0.2) is 34.3 Å². The molecular formula is C22H29N3O4. The fourth-order valence-corrected chi connectivity index (χ4v) is 3.76. The Morgan fingerprint density at radius 2 is 1.86 bits per heavy atom. The molecule has 3 rings (SSSR count). The summed E-state index contributed by atoms with van der Waals surface area (Å²) in [6.45, 7) is 2.18. The number of amides is 1. The van der Waals surface area contributed by atoms with E-state index < -0.39 is 5.97 Å². The van der Waals surface area contributed by atoms with Gasteiger partial charge in [-0.05, 0) is 25.3 Å². The van der Waals surface area contributed by atoms with E-state index in [2.05, 4.69) is 17.3 Å². The zero-order valence-electron chi connectivity index (χ0n) is 17.0. The van der Waals surface area contributed by atoms with E-state index in [-0.39, 0.29) is 29.8 Å². The molecule has 2 aromatic rings. The SMILES string of the molecule is CCCCCn1nc(C(=O)OCC(=O)NC2CCCCC2)c2ccccc2c1=O. The molecule has 7 nitrogen and oxygen atoms in total. The molecule has 29 heavy (non-hydrogen) atoms. The maximum Gasteiger partial charge on any atom is 0.359 e. The Morgan fingerprint density at radius 3 is 2.59 bits per heavy atom. The number of hydrogen-bond donors (Lipinski definition) is 1. The molecule has 1 heterocycles. The average molecular weight is 399 g/mol. The molecule has 0 aliphatic heterocycles. The third-order valence-corrected chi connectivity index (χ3v) is 5.34. The molecule has 1 fully saturated rings. The molecule has 1 N–H and O–H groups in total. The predicted octanol–water partition coefficient (Wildman–Crippen LogP) is 3.19. The lowest BCUT2D eigenvalue weighted by atomic mass is 9.95. The Morgan fingerprint density at radius 1 is 1.14 bits per heavy atom. The van der Waals surface area contributed by atoms with Gasteiger partial charge in [0.2, 0.25) is 0 Å². The van der Waals surface area contributed by atoms with Crippen molar-refractivity contribution in [3.63, 3.8) is 0 Å². The van der Waals surface area contributed by atoms with Gasteiger partial charge in [-0.1, -0.05) is 57.2 Å². The van der Waals surface area contributed by atoms with Gasteiger partial charge in [-0.25, -0.2) is 9.48 Å². The highest BCUT2D eigenvalue weighted by molar-refractivity contribution is 6.02. The van der Waals surface area contributed by atoms with Crippen LogP contribution < -0.4 is 10.9 Å². The maximum absolute atomic E-state index is 12.7. The van der Waals surface area contributed by atoms with Gasteiger partial charge in [-0.3, -0.25) is 9.59 Å². The number of ether oxygens (including phenoxy) is 1. The molecule has 1 aliphatic carbocycles. The van der Waals surface area contributed by atoms with Crippen LogP contribution in [0.4, 0.5) is 0 Å². The van der Waals surface area contributed by atoms with E-state index in [9.17, 15) is 14.4 Å². The summed E-state index contributed by atoms with van der Waals surface area (Å²) >= 11 is 0. The molecule has 1 amide bonds. The highest BCUT2D eigenvalue weighted by Crippen LogP contribution is 2.17. The zero-order chi connectivity index (χ0) is 20.6. The molecular weight excluding hydrogens is 370 g/mol. The van der Waals surface area contributed by atoms with E-state index in [1.54, 1.807) is 24.3 Å². The van der Waals surface area contributed by atoms with Crippen LogP contribution in [0, 0.1) is 0 Å². The molecule has 1 aromatic carbocycles. The summed E-state index contributed by atoms with van der Waals surface area (Å²) in [6, 6.07) is 7.03. The minimum Gasteiger partial charge on any atom is -0.451 e. The second-order valence-corrected chi connectivity index (χ2v) is 7.61. The number of unbranched alkanes of at least 4 members (excludes halogenated alkanes) is 2. The smallest absolute Gasteiger partial charge is 0.359 e. The van der Waals surface area contributed by atoms with Gasteiger partial charge in [0.05, 0.1) is 5.39 Å².